The van der Waals surface area contributed by atoms with E-state index in [1.54, 1.807) is 0 Å². The zero-order chi connectivity index (χ0) is 13.1. The second-order valence-electron chi connectivity index (χ2n) is 4.50. The van der Waals surface area contributed by atoms with Crippen LogP contribution >= 0.6 is 0 Å². The van der Waals surface area contributed by atoms with Gasteiger partial charge >= 0.3 is 0 Å². The SMILES string of the molecule is N#CCC=Cc1cc2ccccc2c2ccccc12. The lowest BCUT2D eigenvalue weighted by Gasteiger charge is -2.07. The van der Waals surface area contributed by atoms with E-state index in [1.165, 1.54) is 27.1 Å². The molecule has 1 heteroatoms. The fourth-order valence-corrected chi connectivity index (χ4v) is 2.46. The fourth-order valence-electron chi connectivity index (χ4n) is 2.46. The summed E-state index contributed by atoms with van der Waals surface area (Å²) in [6.07, 6.45) is 4.40. The Labute approximate surface area is 112 Å². The molecule has 0 fully saturated rings. The van der Waals surface area contributed by atoms with Crippen LogP contribution in [0.1, 0.15) is 12.0 Å². The molecule has 3 aromatic rings. The maximum Gasteiger partial charge on any atom is 0.0663 e. The molecule has 0 N–H and O–H groups in total. The van der Waals surface area contributed by atoms with Crippen molar-refractivity contribution in [3.63, 3.8) is 0 Å². The molecule has 0 unspecified atom stereocenters. The highest BCUT2D eigenvalue weighted by Crippen LogP contribution is 2.29. The number of hydrogen-bond donors (Lipinski definition) is 0. The van der Waals surface area contributed by atoms with E-state index in [0.29, 0.717) is 6.42 Å². The Kier molecular flexibility index (Phi) is 3.00. The third-order valence-corrected chi connectivity index (χ3v) is 3.31. The second-order valence-corrected chi connectivity index (χ2v) is 4.50. The van der Waals surface area contributed by atoms with Gasteiger partial charge in [0.2, 0.25) is 0 Å². The molecule has 0 atom stereocenters. The van der Waals surface area contributed by atoms with Crippen molar-refractivity contribution in [1.29, 1.82) is 5.26 Å². The zero-order valence-corrected chi connectivity index (χ0v) is 10.5. The molecule has 0 saturated heterocycles. The zero-order valence-electron chi connectivity index (χ0n) is 10.5. The van der Waals surface area contributed by atoms with Gasteiger partial charge in [-0.2, -0.15) is 5.26 Å². The van der Waals surface area contributed by atoms with Gasteiger partial charge in [-0.05, 0) is 33.2 Å². The number of rotatable bonds is 2. The lowest BCUT2D eigenvalue weighted by molar-refractivity contribution is 1.36. The van der Waals surface area contributed by atoms with Crippen LogP contribution in [0, 0.1) is 11.3 Å². The van der Waals surface area contributed by atoms with Gasteiger partial charge < -0.3 is 0 Å². The van der Waals surface area contributed by atoms with Crippen molar-refractivity contribution in [3.8, 4) is 6.07 Å². The van der Waals surface area contributed by atoms with Gasteiger partial charge in [0.1, 0.15) is 0 Å². The van der Waals surface area contributed by atoms with E-state index >= 15 is 0 Å². The molecule has 0 spiro atoms. The monoisotopic (exact) mass is 243 g/mol. The van der Waals surface area contributed by atoms with Crippen LogP contribution in [0.3, 0.4) is 0 Å². The lowest BCUT2D eigenvalue weighted by Crippen LogP contribution is -1.82. The summed E-state index contributed by atoms with van der Waals surface area (Å²) in [7, 11) is 0. The molecule has 0 aliphatic heterocycles. The van der Waals surface area contributed by atoms with Gasteiger partial charge in [-0.1, -0.05) is 60.7 Å². The van der Waals surface area contributed by atoms with Crippen LogP contribution in [-0.2, 0) is 0 Å². The summed E-state index contributed by atoms with van der Waals surface area (Å²) in [6, 6.07) is 21.1. The molecule has 0 bridgehead atoms. The molecule has 0 aliphatic carbocycles. The van der Waals surface area contributed by atoms with Crippen molar-refractivity contribution in [2.75, 3.05) is 0 Å². The largest absolute Gasteiger partial charge is 0.198 e. The first-order chi connectivity index (χ1) is 9.40. The van der Waals surface area contributed by atoms with E-state index in [2.05, 4.69) is 60.7 Å². The smallest absolute Gasteiger partial charge is 0.0663 e. The van der Waals surface area contributed by atoms with Gasteiger partial charge in [0.25, 0.3) is 0 Å². The minimum absolute atomic E-state index is 0.446. The standard InChI is InChI=1S/C18H13N/c19-12-6-5-8-15-13-14-7-1-2-9-16(14)18-11-4-3-10-17(15)18/h1-5,7-11,13H,6H2. The van der Waals surface area contributed by atoms with Crippen LogP contribution in [0.4, 0.5) is 0 Å². The van der Waals surface area contributed by atoms with Gasteiger partial charge in [-0.15, -0.1) is 0 Å². The molecule has 90 valence electrons. The Morgan fingerprint density at radius 1 is 0.895 bits per heavy atom. The summed E-state index contributed by atoms with van der Waals surface area (Å²) in [4.78, 5) is 0. The van der Waals surface area contributed by atoms with Crippen molar-refractivity contribution >= 4 is 27.6 Å². The minimum atomic E-state index is 0.446. The second kappa shape index (κ2) is 4.96. The number of nitrogens with zero attached hydrogens (tertiary/aromatic N) is 1. The van der Waals surface area contributed by atoms with E-state index in [0.717, 1.165) is 0 Å². The van der Waals surface area contributed by atoms with Gasteiger partial charge in [0.15, 0.2) is 0 Å². The summed E-state index contributed by atoms with van der Waals surface area (Å²) in [5.41, 5.74) is 1.17. The number of benzene rings is 3. The summed E-state index contributed by atoms with van der Waals surface area (Å²) in [6.45, 7) is 0. The van der Waals surface area contributed by atoms with Crippen molar-refractivity contribution in [1.82, 2.24) is 0 Å². The number of nitriles is 1. The van der Waals surface area contributed by atoms with Crippen LogP contribution in [0.25, 0.3) is 27.6 Å². The van der Waals surface area contributed by atoms with Crippen LogP contribution in [0.5, 0.6) is 0 Å². The number of fused-ring (bicyclic) bond motifs is 3. The topological polar surface area (TPSA) is 23.8 Å². The molecule has 0 amide bonds. The van der Waals surface area contributed by atoms with E-state index < -0.39 is 0 Å². The van der Waals surface area contributed by atoms with Crippen LogP contribution < -0.4 is 0 Å². The van der Waals surface area contributed by atoms with E-state index in [4.69, 9.17) is 5.26 Å². The summed E-state index contributed by atoms with van der Waals surface area (Å²) in [5.74, 6) is 0. The van der Waals surface area contributed by atoms with Gasteiger partial charge in [0.05, 0.1) is 12.5 Å². The van der Waals surface area contributed by atoms with Crippen molar-refractivity contribution in [3.05, 3.63) is 66.2 Å². The average Bonchev–Trinajstić information content (AvgIpc) is 2.47. The lowest BCUT2D eigenvalue weighted by atomic mass is 9.97. The van der Waals surface area contributed by atoms with E-state index in [-0.39, 0.29) is 0 Å². The van der Waals surface area contributed by atoms with Gasteiger partial charge in [-0.25, -0.2) is 0 Å². The Bertz CT molecular complexity index is 807. The Balaban J connectivity index is 2.33. The van der Waals surface area contributed by atoms with Crippen LogP contribution in [0.15, 0.2) is 60.7 Å². The predicted octanol–water partition coefficient (Wildman–Crippen LogP) is 4.92. The normalized spacial score (nSPS) is 11.1. The highest BCUT2D eigenvalue weighted by molar-refractivity contribution is 6.10. The molecule has 0 radical (unpaired) electrons. The average molecular weight is 243 g/mol. The molecule has 0 aromatic heterocycles. The third-order valence-electron chi connectivity index (χ3n) is 3.31. The Hall–Kier alpha value is -2.59. The maximum atomic E-state index is 8.63. The molecular formula is C18H13N. The molecule has 0 aliphatic rings. The van der Waals surface area contributed by atoms with E-state index in [1.807, 2.05) is 12.2 Å². The number of allylic oxidation sites excluding steroid dienone is 1. The first-order valence-electron chi connectivity index (χ1n) is 6.34. The maximum absolute atomic E-state index is 8.63. The predicted molar refractivity (Wildman–Crippen MR) is 80.7 cm³/mol. The first-order valence-corrected chi connectivity index (χ1v) is 6.34. The highest BCUT2D eigenvalue weighted by Gasteiger charge is 2.03. The Morgan fingerprint density at radius 2 is 1.58 bits per heavy atom. The molecule has 0 saturated carbocycles. The summed E-state index contributed by atoms with van der Waals surface area (Å²) >= 11 is 0. The highest BCUT2D eigenvalue weighted by atomic mass is 14.2. The quantitative estimate of drug-likeness (QED) is 0.586. The van der Waals surface area contributed by atoms with E-state index in [9.17, 15) is 0 Å². The molecule has 19 heavy (non-hydrogen) atoms. The summed E-state index contributed by atoms with van der Waals surface area (Å²) < 4.78 is 0. The fraction of sp³-hybridized carbons (Fsp3) is 0.0556. The molecular weight excluding hydrogens is 230 g/mol. The molecule has 3 aromatic carbocycles. The van der Waals surface area contributed by atoms with Gasteiger partial charge in [0, 0.05) is 0 Å². The van der Waals surface area contributed by atoms with Crippen molar-refractivity contribution in [2.45, 2.75) is 6.42 Å². The van der Waals surface area contributed by atoms with Crippen LogP contribution in [0.2, 0.25) is 0 Å². The molecule has 1 nitrogen and oxygen atoms in total. The third kappa shape index (κ3) is 2.09. The molecule has 0 heterocycles. The van der Waals surface area contributed by atoms with Crippen LogP contribution in [-0.4, -0.2) is 0 Å². The van der Waals surface area contributed by atoms with Crippen molar-refractivity contribution < 1.29 is 0 Å². The van der Waals surface area contributed by atoms with Gasteiger partial charge in [-0.3, -0.25) is 0 Å². The summed E-state index contributed by atoms with van der Waals surface area (Å²) in [5, 5.41) is 13.6. The Morgan fingerprint density at radius 3 is 2.37 bits per heavy atom. The number of hydrogen-bond acceptors (Lipinski definition) is 1. The minimum Gasteiger partial charge on any atom is -0.198 e. The van der Waals surface area contributed by atoms with Crippen molar-refractivity contribution in [2.24, 2.45) is 0 Å². The first kappa shape index (κ1) is 11.5. The molecule has 3 rings (SSSR count).